The van der Waals surface area contributed by atoms with Crippen molar-refractivity contribution in [3.8, 4) is 0 Å². The summed E-state index contributed by atoms with van der Waals surface area (Å²) in [5, 5.41) is 14.2. The molecule has 1 saturated carbocycles. The lowest BCUT2D eigenvalue weighted by atomic mass is 9.77. The molecular weight excluding hydrogens is 241 g/mol. The third-order valence-electron chi connectivity index (χ3n) is 4.08. The normalized spacial score (nSPS) is 27.5. The van der Waals surface area contributed by atoms with Crippen LogP contribution in [0, 0.1) is 12.7 Å². The molecule has 19 heavy (non-hydrogen) atoms. The highest BCUT2D eigenvalue weighted by Gasteiger charge is 2.34. The summed E-state index contributed by atoms with van der Waals surface area (Å²) in [5.74, 6) is -0.255. The molecule has 1 aromatic carbocycles. The molecule has 3 heteroatoms. The van der Waals surface area contributed by atoms with Crippen molar-refractivity contribution in [2.75, 3.05) is 6.54 Å². The summed E-state index contributed by atoms with van der Waals surface area (Å²) in [6.07, 6.45) is 4.44. The second-order valence-corrected chi connectivity index (χ2v) is 5.78. The van der Waals surface area contributed by atoms with Gasteiger partial charge in [-0.15, -0.1) is 0 Å². The summed E-state index contributed by atoms with van der Waals surface area (Å²) >= 11 is 0. The Kier molecular flexibility index (Phi) is 4.58. The molecule has 0 saturated heterocycles. The van der Waals surface area contributed by atoms with E-state index in [0.29, 0.717) is 18.9 Å². The topological polar surface area (TPSA) is 32.3 Å². The number of benzene rings is 1. The smallest absolute Gasteiger partial charge is 0.123 e. The van der Waals surface area contributed by atoms with Gasteiger partial charge in [-0.25, -0.2) is 4.39 Å². The predicted octanol–water partition coefficient (Wildman–Crippen LogP) is 3.26. The average molecular weight is 265 g/mol. The van der Waals surface area contributed by atoms with Gasteiger partial charge in [0, 0.05) is 6.04 Å². The molecule has 106 valence electrons. The highest BCUT2D eigenvalue weighted by molar-refractivity contribution is 5.29. The number of halogens is 1. The molecule has 0 aliphatic heterocycles. The molecule has 1 aliphatic carbocycles. The van der Waals surface area contributed by atoms with Gasteiger partial charge < -0.3 is 10.4 Å². The zero-order valence-corrected chi connectivity index (χ0v) is 11.9. The zero-order valence-electron chi connectivity index (χ0n) is 11.9. The first kappa shape index (κ1) is 14.5. The molecule has 0 bridgehead atoms. The van der Waals surface area contributed by atoms with Crippen molar-refractivity contribution in [1.29, 1.82) is 0 Å². The van der Waals surface area contributed by atoms with Gasteiger partial charge in [-0.2, -0.15) is 0 Å². The first-order valence-corrected chi connectivity index (χ1v) is 7.27. The third-order valence-corrected chi connectivity index (χ3v) is 4.08. The molecule has 0 radical (unpaired) electrons. The molecule has 2 rings (SSSR count). The fourth-order valence-corrected chi connectivity index (χ4v) is 2.94. The van der Waals surface area contributed by atoms with Crippen molar-refractivity contribution in [3.63, 3.8) is 0 Å². The minimum atomic E-state index is -0.850. The van der Waals surface area contributed by atoms with Gasteiger partial charge in [0.2, 0.25) is 0 Å². The van der Waals surface area contributed by atoms with Crippen molar-refractivity contribution in [1.82, 2.24) is 5.32 Å². The first-order valence-electron chi connectivity index (χ1n) is 7.27. The van der Waals surface area contributed by atoms with Crippen LogP contribution in [0.2, 0.25) is 0 Å². The number of hydrogen-bond acceptors (Lipinski definition) is 2. The van der Waals surface area contributed by atoms with E-state index in [0.717, 1.165) is 36.9 Å². The van der Waals surface area contributed by atoms with Gasteiger partial charge in [0.25, 0.3) is 0 Å². The maximum absolute atomic E-state index is 13.5. The van der Waals surface area contributed by atoms with E-state index in [4.69, 9.17) is 0 Å². The molecule has 2 N–H and O–H groups in total. The van der Waals surface area contributed by atoms with Gasteiger partial charge in [0.15, 0.2) is 0 Å². The average Bonchev–Trinajstić information content (AvgIpc) is 2.37. The fraction of sp³-hybridized carbons (Fsp3) is 0.625. The largest absolute Gasteiger partial charge is 0.385 e. The molecule has 0 aromatic heterocycles. The third kappa shape index (κ3) is 3.54. The lowest BCUT2D eigenvalue weighted by Crippen LogP contribution is -2.40. The van der Waals surface area contributed by atoms with Crippen LogP contribution in [-0.2, 0) is 5.60 Å². The van der Waals surface area contributed by atoms with Crippen LogP contribution in [0.4, 0.5) is 4.39 Å². The van der Waals surface area contributed by atoms with Crippen molar-refractivity contribution >= 4 is 0 Å². The van der Waals surface area contributed by atoms with E-state index in [1.165, 1.54) is 12.1 Å². The van der Waals surface area contributed by atoms with E-state index < -0.39 is 5.60 Å². The Morgan fingerprint density at radius 1 is 1.32 bits per heavy atom. The molecule has 0 heterocycles. The lowest BCUT2D eigenvalue weighted by Gasteiger charge is -2.37. The van der Waals surface area contributed by atoms with Crippen LogP contribution in [-0.4, -0.2) is 17.7 Å². The second-order valence-electron chi connectivity index (χ2n) is 5.78. The Balaban J connectivity index is 2.04. The van der Waals surface area contributed by atoms with E-state index in [1.807, 2.05) is 13.0 Å². The van der Waals surface area contributed by atoms with E-state index in [2.05, 4.69) is 12.2 Å². The number of aliphatic hydroxyl groups is 1. The summed E-state index contributed by atoms with van der Waals surface area (Å²) in [6.45, 7) is 5.05. The Morgan fingerprint density at radius 2 is 2.00 bits per heavy atom. The molecule has 0 amide bonds. The van der Waals surface area contributed by atoms with Gasteiger partial charge in [0.1, 0.15) is 5.82 Å². The van der Waals surface area contributed by atoms with Crippen LogP contribution in [0.5, 0.6) is 0 Å². The van der Waals surface area contributed by atoms with Gasteiger partial charge in [-0.1, -0.05) is 13.0 Å². The number of aryl methyl sites for hydroxylation is 1. The van der Waals surface area contributed by atoms with E-state index >= 15 is 0 Å². The first-order chi connectivity index (χ1) is 9.03. The summed E-state index contributed by atoms with van der Waals surface area (Å²) in [7, 11) is 0. The lowest BCUT2D eigenvalue weighted by molar-refractivity contribution is -0.00855. The highest BCUT2D eigenvalue weighted by atomic mass is 19.1. The van der Waals surface area contributed by atoms with E-state index in [-0.39, 0.29) is 5.82 Å². The van der Waals surface area contributed by atoms with Crippen LogP contribution in [0.15, 0.2) is 18.2 Å². The van der Waals surface area contributed by atoms with Crippen molar-refractivity contribution in [2.24, 2.45) is 0 Å². The van der Waals surface area contributed by atoms with E-state index in [9.17, 15) is 9.50 Å². The van der Waals surface area contributed by atoms with Gasteiger partial charge in [-0.05, 0) is 68.8 Å². The maximum Gasteiger partial charge on any atom is 0.123 e. The minimum absolute atomic E-state index is 0.255. The second kappa shape index (κ2) is 6.02. The van der Waals surface area contributed by atoms with Gasteiger partial charge in [0.05, 0.1) is 5.60 Å². The predicted molar refractivity (Wildman–Crippen MR) is 75.6 cm³/mol. The van der Waals surface area contributed by atoms with Crippen molar-refractivity contribution in [3.05, 3.63) is 35.1 Å². The molecule has 2 nitrogen and oxygen atoms in total. The Hall–Kier alpha value is -0.930. The molecule has 1 aliphatic rings. The summed E-state index contributed by atoms with van der Waals surface area (Å²) < 4.78 is 13.5. The number of rotatable bonds is 4. The quantitative estimate of drug-likeness (QED) is 0.875. The van der Waals surface area contributed by atoms with Gasteiger partial charge >= 0.3 is 0 Å². The van der Waals surface area contributed by atoms with Crippen LogP contribution in [0.25, 0.3) is 0 Å². The summed E-state index contributed by atoms with van der Waals surface area (Å²) in [6, 6.07) is 5.38. The van der Waals surface area contributed by atoms with Crippen LogP contribution in [0.3, 0.4) is 0 Å². The molecule has 1 aromatic rings. The van der Waals surface area contributed by atoms with Crippen molar-refractivity contribution < 1.29 is 9.50 Å². The molecule has 0 spiro atoms. The van der Waals surface area contributed by atoms with Crippen LogP contribution < -0.4 is 5.32 Å². The standard InChI is InChI=1S/C16H24FNO/c1-3-8-18-15-4-6-16(19,7-5-15)13-9-12(2)10-14(17)11-13/h9-11,15,18-19H,3-8H2,1-2H3. The SMILES string of the molecule is CCCNC1CCC(O)(c2cc(C)cc(F)c2)CC1. The fourth-order valence-electron chi connectivity index (χ4n) is 2.94. The molecule has 0 atom stereocenters. The highest BCUT2D eigenvalue weighted by Crippen LogP contribution is 2.37. The van der Waals surface area contributed by atoms with Crippen LogP contribution in [0.1, 0.15) is 50.2 Å². The molecule has 0 unspecified atom stereocenters. The summed E-state index contributed by atoms with van der Waals surface area (Å²) in [4.78, 5) is 0. The monoisotopic (exact) mass is 265 g/mol. The van der Waals surface area contributed by atoms with Gasteiger partial charge in [-0.3, -0.25) is 0 Å². The molecular formula is C16H24FNO. The Labute approximate surface area is 115 Å². The number of hydrogen-bond donors (Lipinski definition) is 2. The Morgan fingerprint density at radius 3 is 2.58 bits per heavy atom. The van der Waals surface area contributed by atoms with Crippen LogP contribution >= 0.6 is 0 Å². The van der Waals surface area contributed by atoms with E-state index in [1.54, 1.807) is 0 Å². The molecule has 1 fully saturated rings. The Bertz CT molecular complexity index is 405. The van der Waals surface area contributed by atoms with Crippen molar-refractivity contribution in [2.45, 2.75) is 57.6 Å². The zero-order chi connectivity index (χ0) is 13.9. The summed E-state index contributed by atoms with van der Waals surface area (Å²) in [5.41, 5.74) is 0.755. The minimum Gasteiger partial charge on any atom is -0.385 e. The maximum atomic E-state index is 13.5. The number of nitrogens with one attached hydrogen (secondary N) is 1.